The number of amides is 3. The summed E-state index contributed by atoms with van der Waals surface area (Å²) in [5.41, 5.74) is -1.24. The molecule has 0 aliphatic carbocycles. The summed E-state index contributed by atoms with van der Waals surface area (Å²) in [4.78, 5) is 52.8. The number of anilines is 1. The molecule has 0 spiro atoms. The topological polar surface area (TPSA) is 135 Å². The van der Waals surface area contributed by atoms with E-state index in [-0.39, 0.29) is 36.6 Å². The minimum Gasteiger partial charge on any atom is -0.508 e. The molecule has 1 fully saturated rings. The molecule has 1 aliphatic rings. The third-order valence-electron chi connectivity index (χ3n) is 4.58. The summed E-state index contributed by atoms with van der Waals surface area (Å²) >= 11 is 0. The zero-order chi connectivity index (χ0) is 25.8. The molecule has 1 saturated heterocycles. The van der Waals surface area contributed by atoms with Crippen molar-refractivity contribution >= 4 is 29.8 Å². The van der Waals surface area contributed by atoms with Crippen LogP contribution in [0.3, 0.4) is 0 Å². The lowest BCUT2D eigenvalue weighted by Gasteiger charge is -2.40. The SMILES string of the molecule is COC(=O)C1CN(C(=O)c2cc(O)cc(NC(=O)OC(C)(C)C)c2)CCN1C(=O)OC(C)(C)C. The number of phenolic OH excluding ortho intramolecular Hbond substituents is 1. The molecule has 1 heterocycles. The summed E-state index contributed by atoms with van der Waals surface area (Å²) in [5.74, 6) is -1.43. The van der Waals surface area contributed by atoms with Crippen LogP contribution in [0.25, 0.3) is 0 Å². The normalized spacial score (nSPS) is 16.5. The summed E-state index contributed by atoms with van der Waals surface area (Å²) in [5, 5.41) is 12.6. The molecule has 0 saturated carbocycles. The minimum atomic E-state index is -1.06. The molecule has 0 bridgehead atoms. The number of methoxy groups -OCH3 is 1. The number of piperazine rings is 1. The molecule has 2 rings (SSSR count). The number of hydrogen-bond donors (Lipinski definition) is 2. The molecule has 34 heavy (non-hydrogen) atoms. The molecular formula is C23H33N3O8. The third kappa shape index (κ3) is 7.53. The fourth-order valence-corrected chi connectivity index (χ4v) is 3.26. The molecule has 1 atom stereocenters. The van der Waals surface area contributed by atoms with Gasteiger partial charge in [-0.25, -0.2) is 14.4 Å². The van der Waals surface area contributed by atoms with Crippen LogP contribution >= 0.6 is 0 Å². The lowest BCUT2D eigenvalue weighted by Crippen LogP contribution is -2.60. The van der Waals surface area contributed by atoms with Crippen LogP contribution < -0.4 is 5.32 Å². The molecule has 0 aromatic heterocycles. The largest absolute Gasteiger partial charge is 0.508 e. The number of esters is 1. The van der Waals surface area contributed by atoms with Crippen molar-refractivity contribution in [3.63, 3.8) is 0 Å². The Kier molecular flexibility index (Phi) is 8.01. The average molecular weight is 480 g/mol. The first kappa shape index (κ1) is 26.7. The molecule has 1 aromatic rings. The summed E-state index contributed by atoms with van der Waals surface area (Å²) in [7, 11) is 1.19. The molecule has 11 heteroatoms. The number of ether oxygens (including phenoxy) is 3. The van der Waals surface area contributed by atoms with Gasteiger partial charge in [0, 0.05) is 30.4 Å². The van der Waals surface area contributed by atoms with E-state index in [1.54, 1.807) is 41.5 Å². The Morgan fingerprint density at radius 3 is 2.15 bits per heavy atom. The van der Waals surface area contributed by atoms with Gasteiger partial charge in [0.05, 0.1) is 13.7 Å². The number of benzene rings is 1. The Morgan fingerprint density at radius 2 is 1.59 bits per heavy atom. The van der Waals surface area contributed by atoms with Crippen LogP contribution in [0.5, 0.6) is 5.75 Å². The van der Waals surface area contributed by atoms with E-state index in [4.69, 9.17) is 14.2 Å². The molecule has 11 nitrogen and oxygen atoms in total. The van der Waals surface area contributed by atoms with E-state index in [2.05, 4.69) is 5.32 Å². The van der Waals surface area contributed by atoms with Crippen molar-refractivity contribution in [2.75, 3.05) is 32.1 Å². The Morgan fingerprint density at radius 1 is 0.971 bits per heavy atom. The fraction of sp³-hybridized carbons (Fsp3) is 0.565. The van der Waals surface area contributed by atoms with Crippen molar-refractivity contribution in [2.45, 2.75) is 58.8 Å². The van der Waals surface area contributed by atoms with Crippen LogP contribution in [0, 0.1) is 0 Å². The Bertz CT molecular complexity index is 949. The van der Waals surface area contributed by atoms with E-state index in [0.717, 1.165) is 0 Å². The van der Waals surface area contributed by atoms with Gasteiger partial charge in [0.15, 0.2) is 6.04 Å². The first-order valence-electron chi connectivity index (χ1n) is 10.8. The molecular weight excluding hydrogens is 446 g/mol. The summed E-state index contributed by atoms with van der Waals surface area (Å²) in [6.07, 6.45) is -1.43. The maximum atomic E-state index is 13.2. The minimum absolute atomic E-state index is 0.0439. The van der Waals surface area contributed by atoms with E-state index in [1.165, 1.54) is 35.1 Å². The van der Waals surface area contributed by atoms with Gasteiger partial charge in [-0.15, -0.1) is 0 Å². The van der Waals surface area contributed by atoms with Gasteiger partial charge >= 0.3 is 18.2 Å². The van der Waals surface area contributed by atoms with Crippen LogP contribution in [-0.2, 0) is 19.0 Å². The first-order chi connectivity index (χ1) is 15.6. The van der Waals surface area contributed by atoms with E-state index >= 15 is 0 Å². The number of hydrogen-bond acceptors (Lipinski definition) is 8. The number of rotatable bonds is 3. The zero-order valence-corrected chi connectivity index (χ0v) is 20.6. The zero-order valence-electron chi connectivity index (χ0n) is 20.6. The van der Waals surface area contributed by atoms with Crippen molar-refractivity contribution < 1.29 is 38.5 Å². The lowest BCUT2D eigenvalue weighted by atomic mass is 10.1. The number of phenols is 1. The van der Waals surface area contributed by atoms with E-state index in [0.29, 0.717) is 0 Å². The number of carbonyl (C=O) groups excluding carboxylic acids is 4. The van der Waals surface area contributed by atoms with Crippen molar-refractivity contribution in [2.24, 2.45) is 0 Å². The average Bonchev–Trinajstić information content (AvgIpc) is 2.68. The fourth-order valence-electron chi connectivity index (χ4n) is 3.26. The Hall–Kier alpha value is -3.50. The second-order valence-corrected chi connectivity index (χ2v) is 9.86. The van der Waals surface area contributed by atoms with Gasteiger partial charge in [0.25, 0.3) is 5.91 Å². The highest BCUT2D eigenvalue weighted by Crippen LogP contribution is 2.24. The highest BCUT2D eigenvalue weighted by molar-refractivity contribution is 5.97. The third-order valence-corrected chi connectivity index (χ3v) is 4.58. The van der Waals surface area contributed by atoms with E-state index in [1.807, 2.05) is 0 Å². The van der Waals surface area contributed by atoms with Crippen LogP contribution in [-0.4, -0.2) is 83.0 Å². The van der Waals surface area contributed by atoms with Gasteiger partial charge in [0.1, 0.15) is 17.0 Å². The molecule has 3 amide bonds. The van der Waals surface area contributed by atoms with Crippen LogP contribution in [0.15, 0.2) is 18.2 Å². The van der Waals surface area contributed by atoms with Gasteiger partial charge < -0.3 is 24.2 Å². The molecule has 0 radical (unpaired) electrons. The second kappa shape index (κ2) is 10.2. The van der Waals surface area contributed by atoms with Crippen molar-refractivity contribution in [1.82, 2.24) is 9.80 Å². The predicted octanol–water partition coefficient (Wildman–Crippen LogP) is 2.97. The Labute approximate surface area is 198 Å². The monoisotopic (exact) mass is 479 g/mol. The summed E-state index contributed by atoms with van der Waals surface area (Å²) in [6, 6.07) is 2.85. The quantitative estimate of drug-likeness (QED) is 0.499. The smallest absolute Gasteiger partial charge is 0.412 e. The maximum Gasteiger partial charge on any atom is 0.412 e. The Balaban J connectivity index is 2.21. The first-order valence-corrected chi connectivity index (χ1v) is 10.8. The van der Waals surface area contributed by atoms with Crippen molar-refractivity contribution in [1.29, 1.82) is 0 Å². The maximum absolute atomic E-state index is 13.2. The number of carbonyl (C=O) groups is 4. The van der Waals surface area contributed by atoms with Crippen LogP contribution in [0.2, 0.25) is 0 Å². The summed E-state index contributed by atoms with van der Waals surface area (Å²) < 4.78 is 15.4. The van der Waals surface area contributed by atoms with Gasteiger partial charge in [-0.1, -0.05) is 0 Å². The highest BCUT2D eigenvalue weighted by atomic mass is 16.6. The number of aromatic hydroxyl groups is 1. The van der Waals surface area contributed by atoms with Gasteiger partial charge in [-0.05, 0) is 53.7 Å². The van der Waals surface area contributed by atoms with Gasteiger partial charge in [-0.3, -0.25) is 15.0 Å². The van der Waals surface area contributed by atoms with Crippen LogP contribution in [0.1, 0.15) is 51.9 Å². The standard InChI is InChI=1S/C23H33N3O8/c1-22(2,3)33-20(30)24-15-10-14(11-16(27)12-15)18(28)25-8-9-26(17(13-25)19(29)32-7)21(31)34-23(4,5)6/h10-12,17,27H,8-9,13H2,1-7H3,(H,24,30). The molecule has 1 aliphatic heterocycles. The second-order valence-electron chi connectivity index (χ2n) is 9.86. The van der Waals surface area contributed by atoms with Gasteiger partial charge in [0.2, 0.25) is 0 Å². The number of nitrogens with one attached hydrogen (secondary N) is 1. The van der Waals surface area contributed by atoms with Crippen LogP contribution in [0.4, 0.5) is 15.3 Å². The van der Waals surface area contributed by atoms with E-state index < -0.39 is 41.3 Å². The summed E-state index contributed by atoms with van der Waals surface area (Å²) in [6.45, 7) is 10.3. The van der Waals surface area contributed by atoms with Crippen molar-refractivity contribution in [3.8, 4) is 5.75 Å². The number of nitrogens with zero attached hydrogens (tertiary/aromatic N) is 2. The molecule has 188 valence electrons. The molecule has 1 unspecified atom stereocenters. The molecule has 1 aromatic carbocycles. The van der Waals surface area contributed by atoms with Gasteiger partial charge in [-0.2, -0.15) is 0 Å². The molecule has 2 N–H and O–H groups in total. The predicted molar refractivity (Wildman–Crippen MR) is 123 cm³/mol. The highest BCUT2D eigenvalue weighted by Gasteiger charge is 2.40. The lowest BCUT2D eigenvalue weighted by molar-refractivity contribution is -0.148. The van der Waals surface area contributed by atoms with Crippen molar-refractivity contribution in [3.05, 3.63) is 23.8 Å². The van der Waals surface area contributed by atoms with E-state index in [9.17, 15) is 24.3 Å².